The summed E-state index contributed by atoms with van der Waals surface area (Å²) in [5.41, 5.74) is 0.879. The van der Waals surface area contributed by atoms with Crippen LogP contribution in [0.1, 0.15) is 29.8 Å². The molecule has 0 saturated carbocycles. The Balaban J connectivity index is 1.80. The predicted molar refractivity (Wildman–Crippen MR) is 95.7 cm³/mol. The molecule has 2 aromatic carbocycles. The number of nitrogens with one attached hydrogen (secondary N) is 1. The molecular formula is C19H19ClFNO4. The van der Waals surface area contributed by atoms with Gasteiger partial charge in [-0.1, -0.05) is 17.7 Å². The van der Waals surface area contributed by atoms with Gasteiger partial charge in [-0.2, -0.15) is 0 Å². The Labute approximate surface area is 156 Å². The smallest absolute Gasteiger partial charge is 0.325 e. The van der Waals surface area contributed by atoms with Crippen LogP contribution in [0.4, 0.5) is 4.39 Å². The fraction of sp³-hybridized carbons (Fsp3) is 0.263. The van der Waals surface area contributed by atoms with Crippen LogP contribution in [-0.2, 0) is 16.1 Å². The minimum atomic E-state index is -0.626. The van der Waals surface area contributed by atoms with E-state index in [9.17, 15) is 14.0 Å². The molecule has 7 heteroatoms. The maximum absolute atomic E-state index is 13.0. The van der Waals surface area contributed by atoms with E-state index in [1.807, 2.05) is 13.8 Å². The van der Waals surface area contributed by atoms with E-state index in [4.69, 9.17) is 21.1 Å². The number of hydrogen-bond acceptors (Lipinski definition) is 4. The molecule has 0 radical (unpaired) electrons. The molecule has 138 valence electrons. The van der Waals surface area contributed by atoms with Gasteiger partial charge in [0.05, 0.1) is 11.1 Å². The zero-order chi connectivity index (χ0) is 19.1. The van der Waals surface area contributed by atoms with Crippen LogP contribution in [-0.4, -0.2) is 24.5 Å². The molecule has 0 saturated heterocycles. The van der Waals surface area contributed by atoms with Crippen LogP contribution < -0.4 is 10.1 Å². The number of halogens is 2. The van der Waals surface area contributed by atoms with Gasteiger partial charge in [-0.15, -0.1) is 0 Å². The van der Waals surface area contributed by atoms with Crippen LogP contribution in [0.25, 0.3) is 0 Å². The van der Waals surface area contributed by atoms with E-state index in [1.54, 1.807) is 24.3 Å². The summed E-state index contributed by atoms with van der Waals surface area (Å²) >= 11 is 5.85. The Bertz CT molecular complexity index is 778. The van der Waals surface area contributed by atoms with Crippen molar-refractivity contribution in [1.29, 1.82) is 0 Å². The van der Waals surface area contributed by atoms with Crippen LogP contribution in [0.15, 0.2) is 42.5 Å². The lowest BCUT2D eigenvalue weighted by Crippen LogP contribution is -2.30. The Hall–Kier alpha value is -2.60. The summed E-state index contributed by atoms with van der Waals surface area (Å²) in [7, 11) is 0. The molecule has 0 spiro atoms. The molecule has 26 heavy (non-hydrogen) atoms. The minimum Gasteiger partial charge on any atom is -0.491 e. The van der Waals surface area contributed by atoms with Crippen LogP contribution in [0, 0.1) is 5.82 Å². The first-order valence-electron chi connectivity index (χ1n) is 7.99. The standard InChI is InChI=1S/C19H19ClFNO4/c1-12(2)26-16-7-4-13(5-8-16)19(24)22-10-18(23)25-11-14-3-6-15(21)9-17(14)20/h3-9,12H,10-11H2,1-2H3,(H,22,24). The van der Waals surface area contributed by atoms with Crippen LogP contribution in [0.5, 0.6) is 5.75 Å². The van der Waals surface area contributed by atoms with Crippen molar-refractivity contribution >= 4 is 23.5 Å². The van der Waals surface area contributed by atoms with Gasteiger partial charge >= 0.3 is 5.97 Å². The highest BCUT2D eigenvalue weighted by atomic mass is 35.5. The first-order chi connectivity index (χ1) is 12.3. The number of esters is 1. The SMILES string of the molecule is CC(C)Oc1ccc(C(=O)NCC(=O)OCc2ccc(F)cc2Cl)cc1. The summed E-state index contributed by atoms with van der Waals surface area (Å²) < 4.78 is 23.5. The second kappa shape index (κ2) is 9.20. The Morgan fingerprint density at radius 2 is 1.85 bits per heavy atom. The number of benzene rings is 2. The van der Waals surface area contributed by atoms with Gasteiger partial charge in [0.15, 0.2) is 0 Å². The van der Waals surface area contributed by atoms with Gasteiger partial charge in [0, 0.05) is 11.1 Å². The van der Waals surface area contributed by atoms with Crippen LogP contribution >= 0.6 is 11.6 Å². The average Bonchev–Trinajstić information content (AvgIpc) is 2.59. The quantitative estimate of drug-likeness (QED) is 0.744. The van der Waals surface area contributed by atoms with Gasteiger partial charge in [-0.25, -0.2) is 4.39 Å². The van der Waals surface area contributed by atoms with Crippen molar-refractivity contribution in [1.82, 2.24) is 5.32 Å². The normalized spacial score (nSPS) is 10.5. The predicted octanol–water partition coefficient (Wildman–Crippen LogP) is 3.74. The van der Waals surface area contributed by atoms with E-state index < -0.39 is 17.7 Å². The topological polar surface area (TPSA) is 64.6 Å². The Kier molecular flexibility index (Phi) is 6.97. The molecule has 0 bridgehead atoms. The summed E-state index contributed by atoms with van der Waals surface area (Å²) in [5.74, 6) is -0.842. The number of amides is 1. The minimum absolute atomic E-state index is 0.0408. The van der Waals surface area contributed by atoms with Gasteiger partial charge in [0.1, 0.15) is 24.7 Å². The first kappa shape index (κ1) is 19.7. The molecule has 0 fully saturated rings. The lowest BCUT2D eigenvalue weighted by Gasteiger charge is -2.10. The molecule has 2 aromatic rings. The highest BCUT2D eigenvalue weighted by Crippen LogP contribution is 2.18. The molecule has 1 N–H and O–H groups in total. The van der Waals surface area contributed by atoms with Crippen molar-refractivity contribution in [3.05, 3.63) is 64.4 Å². The maximum Gasteiger partial charge on any atom is 0.325 e. The lowest BCUT2D eigenvalue weighted by atomic mass is 10.2. The second-order valence-electron chi connectivity index (χ2n) is 5.77. The fourth-order valence-electron chi connectivity index (χ4n) is 2.06. The molecule has 0 aliphatic carbocycles. The molecule has 5 nitrogen and oxygen atoms in total. The highest BCUT2D eigenvalue weighted by Gasteiger charge is 2.11. The van der Waals surface area contributed by atoms with Gasteiger partial charge in [-0.3, -0.25) is 9.59 Å². The van der Waals surface area contributed by atoms with Crippen molar-refractivity contribution in [3.63, 3.8) is 0 Å². The molecular weight excluding hydrogens is 361 g/mol. The number of ether oxygens (including phenoxy) is 2. The first-order valence-corrected chi connectivity index (χ1v) is 8.37. The molecule has 0 heterocycles. The Morgan fingerprint density at radius 1 is 1.15 bits per heavy atom. The average molecular weight is 380 g/mol. The monoisotopic (exact) mass is 379 g/mol. The largest absolute Gasteiger partial charge is 0.491 e. The number of rotatable bonds is 7. The van der Waals surface area contributed by atoms with Gasteiger partial charge < -0.3 is 14.8 Å². The Morgan fingerprint density at radius 3 is 2.46 bits per heavy atom. The summed E-state index contributed by atoms with van der Waals surface area (Å²) in [5, 5.41) is 2.64. The third-order valence-corrected chi connectivity index (χ3v) is 3.64. The van der Waals surface area contributed by atoms with Gasteiger partial charge in [-0.05, 0) is 50.2 Å². The highest BCUT2D eigenvalue weighted by molar-refractivity contribution is 6.31. The third kappa shape index (κ3) is 6.04. The summed E-state index contributed by atoms with van der Waals surface area (Å²) in [6.45, 7) is 3.42. The molecule has 0 aliphatic rings. The van der Waals surface area contributed by atoms with Crippen molar-refractivity contribution in [2.45, 2.75) is 26.6 Å². The van der Waals surface area contributed by atoms with Crippen molar-refractivity contribution in [3.8, 4) is 5.75 Å². The maximum atomic E-state index is 13.0. The van der Waals surface area contributed by atoms with E-state index in [0.29, 0.717) is 16.9 Å². The summed E-state index contributed by atoms with van der Waals surface area (Å²) in [4.78, 5) is 23.8. The van der Waals surface area contributed by atoms with E-state index in [0.717, 1.165) is 6.07 Å². The van der Waals surface area contributed by atoms with Crippen molar-refractivity contribution < 1.29 is 23.5 Å². The van der Waals surface area contributed by atoms with E-state index in [-0.39, 0.29) is 24.3 Å². The van der Waals surface area contributed by atoms with Crippen molar-refractivity contribution in [2.75, 3.05) is 6.54 Å². The van der Waals surface area contributed by atoms with Crippen LogP contribution in [0.2, 0.25) is 5.02 Å². The van der Waals surface area contributed by atoms with Gasteiger partial charge in [0.25, 0.3) is 5.91 Å². The van der Waals surface area contributed by atoms with Gasteiger partial charge in [0.2, 0.25) is 0 Å². The zero-order valence-corrected chi connectivity index (χ0v) is 15.2. The lowest BCUT2D eigenvalue weighted by molar-refractivity contribution is -0.143. The third-order valence-electron chi connectivity index (χ3n) is 3.29. The van der Waals surface area contributed by atoms with E-state index in [2.05, 4.69) is 5.32 Å². The number of carbonyl (C=O) groups is 2. The molecule has 1 amide bonds. The van der Waals surface area contributed by atoms with Crippen LogP contribution in [0.3, 0.4) is 0 Å². The van der Waals surface area contributed by atoms with Crippen molar-refractivity contribution in [2.24, 2.45) is 0 Å². The second-order valence-corrected chi connectivity index (χ2v) is 6.18. The summed E-state index contributed by atoms with van der Waals surface area (Å²) in [6, 6.07) is 10.4. The fourth-order valence-corrected chi connectivity index (χ4v) is 2.28. The van der Waals surface area contributed by atoms with E-state index in [1.165, 1.54) is 12.1 Å². The number of carbonyl (C=O) groups excluding carboxylic acids is 2. The van der Waals surface area contributed by atoms with E-state index >= 15 is 0 Å². The summed E-state index contributed by atoms with van der Waals surface area (Å²) in [6.07, 6.45) is 0.0408. The zero-order valence-electron chi connectivity index (χ0n) is 14.4. The number of hydrogen-bond donors (Lipinski definition) is 1. The molecule has 0 atom stereocenters. The molecule has 2 rings (SSSR count). The molecule has 0 aliphatic heterocycles. The molecule has 0 aromatic heterocycles. The molecule has 0 unspecified atom stereocenters.